The fraction of sp³-hybridized carbons (Fsp3) is 0.524. The van der Waals surface area contributed by atoms with Crippen LogP contribution >= 0.6 is 0 Å². The number of carbonyl (C=O) groups excluding carboxylic acids is 4. The highest BCUT2D eigenvalue weighted by atomic mass is 16.4. The van der Waals surface area contributed by atoms with Crippen LogP contribution in [-0.4, -0.2) is 28.8 Å². The second-order valence-electron chi connectivity index (χ2n) is 7.08. The van der Waals surface area contributed by atoms with E-state index in [4.69, 9.17) is 9.59 Å². The Balaban J connectivity index is 0.00000210. The maximum Gasteiger partial charge on any atom is 0.373 e. The quantitative estimate of drug-likeness (QED) is 0.478. The molecule has 0 aromatic heterocycles. The van der Waals surface area contributed by atoms with E-state index in [0.717, 1.165) is 25.7 Å². The molecule has 0 aliphatic rings. The molecule has 0 fully saturated rings. The number of carbonyl (C=O) groups is 3. The van der Waals surface area contributed by atoms with Crippen molar-refractivity contribution >= 4 is 23.7 Å². The van der Waals surface area contributed by atoms with Gasteiger partial charge in [-0.1, -0.05) is 53.0 Å². The van der Waals surface area contributed by atoms with Crippen LogP contribution in [0.4, 0.5) is 0 Å². The number of aromatic carboxylic acids is 1. The first-order valence-electron chi connectivity index (χ1n) is 9.09. The van der Waals surface area contributed by atoms with Gasteiger partial charge < -0.3 is 5.11 Å². The average Bonchev–Trinajstić information content (AvgIpc) is 2.60. The highest BCUT2D eigenvalue weighted by Crippen LogP contribution is 2.19. The minimum absolute atomic E-state index is 0.0753. The molecule has 0 saturated heterocycles. The number of benzene rings is 1. The van der Waals surface area contributed by atoms with Gasteiger partial charge in [-0.15, -0.1) is 0 Å². The van der Waals surface area contributed by atoms with Crippen molar-refractivity contribution in [2.45, 2.75) is 59.8 Å². The number of unbranched alkanes of at least 4 members (excludes halogenated alkanes) is 2. The number of carboxylic acid groups (broad SMARTS) is 1. The molecule has 0 spiro atoms. The van der Waals surface area contributed by atoms with Gasteiger partial charge in [0.1, 0.15) is 0 Å². The smallest absolute Gasteiger partial charge is 0.373 e. The van der Waals surface area contributed by atoms with Gasteiger partial charge in [0.15, 0.2) is 11.6 Å². The van der Waals surface area contributed by atoms with Gasteiger partial charge in [0.05, 0.1) is 5.56 Å². The molecule has 1 rings (SSSR count). The predicted molar refractivity (Wildman–Crippen MR) is 99.8 cm³/mol. The molecule has 6 heteroatoms. The molecule has 6 nitrogen and oxygen atoms in total. The molecule has 0 bridgehead atoms. The van der Waals surface area contributed by atoms with E-state index in [1.807, 2.05) is 0 Å². The standard InChI is InChI=1S/C20H28O4.CO2/c1-13(2)8-6-5-7-9-18(21)16-11-10-15(19(22)14(3)4)12-17(16)20(23)24;2-1-3/h10-14H,5-9H2,1-4H3,(H,23,24);. The summed E-state index contributed by atoms with van der Waals surface area (Å²) >= 11 is 0. The number of ketones is 2. The van der Waals surface area contributed by atoms with Crippen LogP contribution in [0.25, 0.3) is 0 Å². The molecule has 0 unspecified atom stereocenters. The van der Waals surface area contributed by atoms with Crippen molar-refractivity contribution in [2.24, 2.45) is 11.8 Å². The van der Waals surface area contributed by atoms with Crippen molar-refractivity contribution in [3.05, 3.63) is 34.9 Å². The van der Waals surface area contributed by atoms with Crippen molar-refractivity contribution in [1.29, 1.82) is 0 Å². The fourth-order valence-corrected chi connectivity index (χ4v) is 2.60. The number of rotatable bonds is 10. The van der Waals surface area contributed by atoms with Crippen LogP contribution in [0.15, 0.2) is 18.2 Å². The zero-order valence-corrected chi connectivity index (χ0v) is 16.4. The Bertz CT molecular complexity index is 682. The molecule has 1 aromatic rings. The van der Waals surface area contributed by atoms with Gasteiger partial charge in [-0.2, -0.15) is 9.59 Å². The molecule has 27 heavy (non-hydrogen) atoms. The van der Waals surface area contributed by atoms with E-state index in [2.05, 4.69) is 13.8 Å². The van der Waals surface area contributed by atoms with Crippen molar-refractivity contribution in [3.8, 4) is 0 Å². The predicted octanol–water partition coefficient (Wildman–Crippen LogP) is 4.43. The Morgan fingerprint density at radius 2 is 1.56 bits per heavy atom. The first-order chi connectivity index (χ1) is 12.6. The summed E-state index contributed by atoms with van der Waals surface area (Å²) in [6, 6.07) is 4.37. The maximum absolute atomic E-state index is 12.3. The molecule has 0 saturated carbocycles. The zero-order valence-electron chi connectivity index (χ0n) is 16.4. The Morgan fingerprint density at radius 3 is 2.04 bits per heavy atom. The van der Waals surface area contributed by atoms with E-state index in [1.165, 1.54) is 12.1 Å². The normalized spacial score (nSPS) is 10.1. The van der Waals surface area contributed by atoms with Crippen molar-refractivity contribution in [3.63, 3.8) is 0 Å². The first-order valence-corrected chi connectivity index (χ1v) is 9.09. The SMILES string of the molecule is CC(C)CCCCCC(=O)c1ccc(C(=O)C(C)C)cc1C(=O)O.O=C=O. The van der Waals surface area contributed by atoms with E-state index < -0.39 is 5.97 Å². The molecule has 0 aliphatic carbocycles. The van der Waals surface area contributed by atoms with Crippen LogP contribution in [0.3, 0.4) is 0 Å². The zero-order chi connectivity index (χ0) is 21.0. The van der Waals surface area contributed by atoms with Gasteiger partial charge >= 0.3 is 12.1 Å². The average molecular weight is 376 g/mol. The Morgan fingerprint density at radius 1 is 0.963 bits per heavy atom. The molecule has 0 amide bonds. The van der Waals surface area contributed by atoms with E-state index in [9.17, 15) is 19.5 Å². The number of hydrogen-bond donors (Lipinski definition) is 1. The summed E-state index contributed by atoms with van der Waals surface area (Å²) < 4.78 is 0. The van der Waals surface area contributed by atoms with Gasteiger partial charge in [-0.05, 0) is 24.5 Å². The highest BCUT2D eigenvalue weighted by molar-refractivity contribution is 6.08. The van der Waals surface area contributed by atoms with Crippen molar-refractivity contribution in [2.75, 3.05) is 0 Å². The second kappa shape index (κ2) is 12.7. The van der Waals surface area contributed by atoms with E-state index in [-0.39, 0.29) is 34.8 Å². The van der Waals surface area contributed by atoms with Gasteiger partial charge in [0.2, 0.25) is 0 Å². The largest absolute Gasteiger partial charge is 0.478 e. The van der Waals surface area contributed by atoms with E-state index >= 15 is 0 Å². The van der Waals surface area contributed by atoms with E-state index in [0.29, 0.717) is 17.9 Å². The van der Waals surface area contributed by atoms with Crippen LogP contribution < -0.4 is 0 Å². The Labute approximate surface area is 160 Å². The lowest BCUT2D eigenvalue weighted by atomic mass is 9.93. The summed E-state index contributed by atoms with van der Waals surface area (Å²) in [5.74, 6) is -1.01. The summed E-state index contributed by atoms with van der Waals surface area (Å²) in [5, 5.41) is 9.37. The molecule has 0 atom stereocenters. The van der Waals surface area contributed by atoms with Gasteiger partial charge in [-0.3, -0.25) is 9.59 Å². The van der Waals surface area contributed by atoms with Crippen LogP contribution in [0, 0.1) is 11.8 Å². The van der Waals surface area contributed by atoms with Gasteiger partial charge in [-0.25, -0.2) is 4.79 Å². The van der Waals surface area contributed by atoms with Crippen LogP contribution in [-0.2, 0) is 9.59 Å². The molecule has 148 valence electrons. The Kier molecular flexibility index (Phi) is 11.5. The van der Waals surface area contributed by atoms with Gasteiger partial charge in [0, 0.05) is 23.5 Å². The number of carboxylic acids is 1. The molecule has 0 radical (unpaired) electrons. The highest BCUT2D eigenvalue weighted by Gasteiger charge is 2.19. The Hall–Kier alpha value is -2.59. The molecule has 0 heterocycles. The third-order valence-corrected chi connectivity index (χ3v) is 4.04. The summed E-state index contributed by atoms with van der Waals surface area (Å²) in [6.07, 6.45) is 4.54. The molecular formula is C21H28O6. The molecule has 0 aliphatic heterocycles. The van der Waals surface area contributed by atoms with Gasteiger partial charge in [0.25, 0.3) is 0 Å². The van der Waals surface area contributed by atoms with E-state index in [1.54, 1.807) is 19.9 Å². The third kappa shape index (κ3) is 9.06. The first kappa shape index (κ1) is 24.4. The maximum atomic E-state index is 12.3. The summed E-state index contributed by atoms with van der Waals surface area (Å²) in [7, 11) is 0. The molecule has 1 N–H and O–H groups in total. The lowest BCUT2D eigenvalue weighted by molar-refractivity contribution is -0.191. The fourth-order valence-electron chi connectivity index (χ4n) is 2.60. The minimum atomic E-state index is -1.17. The molecule has 1 aromatic carbocycles. The third-order valence-electron chi connectivity index (χ3n) is 4.04. The lowest BCUT2D eigenvalue weighted by Crippen LogP contribution is -2.13. The summed E-state index contributed by atoms with van der Waals surface area (Å²) in [5.41, 5.74) is 0.469. The number of hydrogen-bond acceptors (Lipinski definition) is 5. The monoisotopic (exact) mass is 376 g/mol. The van der Waals surface area contributed by atoms with Crippen LogP contribution in [0.1, 0.15) is 90.9 Å². The topological polar surface area (TPSA) is 106 Å². The lowest BCUT2D eigenvalue weighted by Gasteiger charge is -2.09. The van der Waals surface area contributed by atoms with Crippen LogP contribution in [0.2, 0.25) is 0 Å². The van der Waals surface area contributed by atoms with Crippen molar-refractivity contribution < 1.29 is 29.1 Å². The summed E-state index contributed by atoms with van der Waals surface area (Å²) in [6.45, 7) is 7.87. The second-order valence-corrected chi connectivity index (χ2v) is 7.08. The van der Waals surface area contributed by atoms with Crippen molar-refractivity contribution in [1.82, 2.24) is 0 Å². The molecular weight excluding hydrogens is 348 g/mol. The minimum Gasteiger partial charge on any atom is -0.478 e. The number of Topliss-reactive ketones (excluding diaryl/α,β-unsaturated/α-hetero) is 2. The summed E-state index contributed by atoms with van der Waals surface area (Å²) in [4.78, 5) is 52.1. The van der Waals surface area contributed by atoms with Crippen LogP contribution in [0.5, 0.6) is 0 Å².